The number of methoxy groups -OCH3 is 1. The molecular weight excluding hydrogens is 350 g/mol. The summed E-state index contributed by atoms with van der Waals surface area (Å²) in [5.41, 5.74) is 0.502. The molecule has 2 aromatic rings. The summed E-state index contributed by atoms with van der Waals surface area (Å²) in [6.07, 6.45) is -4.27. The number of benzene rings is 2. The molecule has 1 unspecified atom stereocenters. The van der Waals surface area contributed by atoms with Crippen molar-refractivity contribution in [1.82, 2.24) is 5.32 Å². The van der Waals surface area contributed by atoms with Gasteiger partial charge in [-0.1, -0.05) is 25.1 Å². The zero-order chi connectivity index (χ0) is 19.3. The second kappa shape index (κ2) is 8.21. The second-order valence-corrected chi connectivity index (χ2v) is 5.97. The number of carbonyl (C=O) groups is 1. The standard InChI is InChI=1S/C19H19F4NO2/c1-12(14-4-6-15(7-5-14)19(21,22)23)9-18(25)24-11-13-3-8-17(26-2)16(20)10-13/h3-8,10,12H,9,11H2,1-2H3,(H,24,25). The predicted octanol–water partition coefficient (Wildman–Crippen LogP) is 4.66. The normalized spacial score (nSPS) is 12.5. The van der Waals surface area contributed by atoms with E-state index in [1.165, 1.54) is 31.4 Å². The zero-order valence-corrected chi connectivity index (χ0v) is 14.4. The minimum absolute atomic E-state index is 0.115. The first-order valence-corrected chi connectivity index (χ1v) is 7.97. The maximum Gasteiger partial charge on any atom is 0.416 e. The maximum absolute atomic E-state index is 13.6. The van der Waals surface area contributed by atoms with Gasteiger partial charge in [0, 0.05) is 13.0 Å². The third-order valence-electron chi connectivity index (χ3n) is 4.00. The second-order valence-electron chi connectivity index (χ2n) is 5.97. The summed E-state index contributed by atoms with van der Waals surface area (Å²) in [5.74, 6) is -0.910. The number of hydrogen-bond donors (Lipinski definition) is 1. The van der Waals surface area contributed by atoms with Crippen LogP contribution in [-0.2, 0) is 17.5 Å². The van der Waals surface area contributed by atoms with Crippen molar-refractivity contribution >= 4 is 5.91 Å². The first kappa shape index (κ1) is 19.8. The fraction of sp³-hybridized carbons (Fsp3) is 0.316. The van der Waals surface area contributed by atoms with Crippen molar-refractivity contribution in [2.45, 2.75) is 32.0 Å². The Hall–Kier alpha value is -2.57. The molecular formula is C19H19F4NO2. The van der Waals surface area contributed by atoms with Crippen molar-refractivity contribution in [2.24, 2.45) is 0 Å². The van der Waals surface area contributed by atoms with Crippen LogP contribution in [0.3, 0.4) is 0 Å². The monoisotopic (exact) mass is 369 g/mol. The van der Waals surface area contributed by atoms with E-state index in [0.29, 0.717) is 11.1 Å². The molecule has 0 fully saturated rings. The molecule has 0 spiro atoms. The van der Waals surface area contributed by atoms with Crippen LogP contribution in [0.5, 0.6) is 5.75 Å². The molecule has 7 heteroatoms. The number of hydrogen-bond acceptors (Lipinski definition) is 2. The summed E-state index contributed by atoms with van der Waals surface area (Å²) >= 11 is 0. The summed E-state index contributed by atoms with van der Waals surface area (Å²) in [5, 5.41) is 2.67. The summed E-state index contributed by atoms with van der Waals surface area (Å²) in [7, 11) is 1.36. The van der Waals surface area contributed by atoms with Gasteiger partial charge in [-0.15, -0.1) is 0 Å². The minimum atomic E-state index is -4.38. The van der Waals surface area contributed by atoms with Gasteiger partial charge in [-0.05, 0) is 41.3 Å². The van der Waals surface area contributed by atoms with Crippen molar-refractivity contribution in [3.8, 4) is 5.75 Å². The molecule has 1 atom stereocenters. The van der Waals surface area contributed by atoms with Gasteiger partial charge in [0.2, 0.25) is 5.91 Å². The summed E-state index contributed by atoms with van der Waals surface area (Å²) in [6, 6.07) is 9.15. The van der Waals surface area contributed by atoms with Crippen molar-refractivity contribution in [3.63, 3.8) is 0 Å². The average molecular weight is 369 g/mol. The van der Waals surface area contributed by atoms with Gasteiger partial charge in [-0.25, -0.2) is 4.39 Å². The van der Waals surface area contributed by atoms with Crippen LogP contribution in [-0.4, -0.2) is 13.0 Å². The topological polar surface area (TPSA) is 38.3 Å². The van der Waals surface area contributed by atoms with Crippen LogP contribution in [0.1, 0.15) is 36.0 Å². The summed E-state index contributed by atoms with van der Waals surface area (Å²) < 4.78 is 56.1. The molecule has 0 aliphatic heterocycles. The van der Waals surface area contributed by atoms with Gasteiger partial charge < -0.3 is 10.1 Å². The number of nitrogens with one attached hydrogen (secondary N) is 1. The Morgan fingerprint density at radius 3 is 2.35 bits per heavy atom. The van der Waals surface area contributed by atoms with Gasteiger partial charge >= 0.3 is 6.18 Å². The SMILES string of the molecule is COc1ccc(CNC(=O)CC(C)c2ccc(C(F)(F)F)cc2)cc1F. The number of amides is 1. The van der Waals surface area contributed by atoms with Crippen LogP contribution in [0.25, 0.3) is 0 Å². The molecule has 0 heterocycles. The maximum atomic E-state index is 13.6. The Morgan fingerprint density at radius 2 is 1.81 bits per heavy atom. The van der Waals surface area contributed by atoms with Crippen LogP contribution in [0.2, 0.25) is 0 Å². The molecule has 26 heavy (non-hydrogen) atoms. The Labute approximate surface area is 149 Å². The lowest BCUT2D eigenvalue weighted by Gasteiger charge is -2.14. The lowest BCUT2D eigenvalue weighted by molar-refractivity contribution is -0.137. The average Bonchev–Trinajstić information content (AvgIpc) is 2.59. The van der Waals surface area contributed by atoms with E-state index in [4.69, 9.17) is 4.74 Å². The number of halogens is 4. The van der Waals surface area contributed by atoms with E-state index < -0.39 is 17.6 Å². The number of alkyl halides is 3. The van der Waals surface area contributed by atoms with Crippen molar-refractivity contribution in [2.75, 3.05) is 7.11 Å². The Morgan fingerprint density at radius 1 is 1.15 bits per heavy atom. The third kappa shape index (κ3) is 5.21. The largest absolute Gasteiger partial charge is 0.494 e. The van der Waals surface area contributed by atoms with Gasteiger partial charge in [-0.2, -0.15) is 13.2 Å². The van der Waals surface area contributed by atoms with E-state index >= 15 is 0 Å². The van der Waals surface area contributed by atoms with E-state index in [0.717, 1.165) is 12.1 Å². The molecule has 0 aliphatic carbocycles. The lowest BCUT2D eigenvalue weighted by Crippen LogP contribution is -2.24. The smallest absolute Gasteiger partial charge is 0.416 e. The molecule has 0 radical (unpaired) electrons. The fourth-order valence-corrected chi connectivity index (χ4v) is 2.49. The summed E-state index contributed by atoms with van der Waals surface area (Å²) in [6.45, 7) is 1.91. The molecule has 2 aromatic carbocycles. The van der Waals surface area contributed by atoms with Crippen LogP contribution in [0.4, 0.5) is 17.6 Å². The molecule has 1 N–H and O–H groups in total. The Bertz CT molecular complexity index is 757. The first-order chi connectivity index (χ1) is 12.2. The molecule has 0 saturated heterocycles. The molecule has 2 rings (SSSR count). The minimum Gasteiger partial charge on any atom is -0.494 e. The molecule has 0 saturated carbocycles. The van der Waals surface area contributed by atoms with E-state index in [1.807, 2.05) is 0 Å². The highest BCUT2D eigenvalue weighted by Gasteiger charge is 2.30. The van der Waals surface area contributed by atoms with E-state index in [1.54, 1.807) is 13.0 Å². The number of ether oxygens (including phenoxy) is 1. The van der Waals surface area contributed by atoms with Crippen molar-refractivity contribution in [3.05, 3.63) is 65.0 Å². The van der Waals surface area contributed by atoms with Gasteiger partial charge in [0.15, 0.2) is 11.6 Å². The fourth-order valence-electron chi connectivity index (χ4n) is 2.49. The molecule has 0 bridgehead atoms. The Kier molecular flexibility index (Phi) is 6.23. The first-order valence-electron chi connectivity index (χ1n) is 7.97. The highest BCUT2D eigenvalue weighted by molar-refractivity contribution is 5.76. The van der Waals surface area contributed by atoms with Gasteiger partial charge in [0.1, 0.15) is 0 Å². The van der Waals surface area contributed by atoms with Gasteiger partial charge in [0.25, 0.3) is 0 Å². The number of carbonyl (C=O) groups excluding carboxylic acids is 1. The molecule has 140 valence electrons. The number of rotatable bonds is 6. The zero-order valence-electron chi connectivity index (χ0n) is 14.4. The van der Waals surface area contributed by atoms with Gasteiger partial charge in [0.05, 0.1) is 12.7 Å². The van der Waals surface area contributed by atoms with E-state index in [2.05, 4.69) is 5.32 Å². The van der Waals surface area contributed by atoms with Gasteiger partial charge in [-0.3, -0.25) is 4.79 Å². The highest BCUT2D eigenvalue weighted by Crippen LogP contribution is 2.30. The molecule has 0 aliphatic rings. The summed E-state index contributed by atoms with van der Waals surface area (Å²) in [4.78, 5) is 12.0. The molecule has 3 nitrogen and oxygen atoms in total. The predicted molar refractivity (Wildman–Crippen MR) is 89.3 cm³/mol. The third-order valence-corrected chi connectivity index (χ3v) is 4.00. The van der Waals surface area contributed by atoms with Crippen LogP contribution in [0.15, 0.2) is 42.5 Å². The highest BCUT2D eigenvalue weighted by atomic mass is 19.4. The van der Waals surface area contributed by atoms with E-state index in [-0.39, 0.29) is 30.5 Å². The van der Waals surface area contributed by atoms with Crippen molar-refractivity contribution < 1.29 is 27.1 Å². The van der Waals surface area contributed by atoms with Crippen molar-refractivity contribution in [1.29, 1.82) is 0 Å². The van der Waals surface area contributed by atoms with Crippen LogP contribution in [0, 0.1) is 5.82 Å². The lowest BCUT2D eigenvalue weighted by atomic mass is 9.96. The Balaban J connectivity index is 1.90. The quantitative estimate of drug-likeness (QED) is 0.752. The van der Waals surface area contributed by atoms with E-state index in [9.17, 15) is 22.4 Å². The molecule has 1 amide bonds. The molecule has 0 aromatic heterocycles. The van der Waals surface area contributed by atoms with Crippen LogP contribution >= 0.6 is 0 Å². The van der Waals surface area contributed by atoms with Crippen LogP contribution < -0.4 is 10.1 Å².